The number of imide groups is 1. The van der Waals surface area contributed by atoms with Crippen LogP contribution in [-0.4, -0.2) is 41.0 Å². The van der Waals surface area contributed by atoms with E-state index in [0.717, 1.165) is 17.0 Å². The summed E-state index contributed by atoms with van der Waals surface area (Å²) in [4.78, 5) is 40.1. The van der Waals surface area contributed by atoms with Gasteiger partial charge in [0.05, 0.1) is 28.4 Å². The van der Waals surface area contributed by atoms with E-state index in [9.17, 15) is 24.8 Å². The van der Waals surface area contributed by atoms with Crippen LogP contribution in [0.5, 0.6) is 0 Å². The SMILES string of the molecule is CC(C)(C)C[C@@H]1N(C(=O)N(C=O)c2cccc(C(=O)O)c2)C[C@H](c2cccc(Cl)c2F)[C@@]1(C#N)c1ccc(Cl)cc1F. The molecule has 0 aromatic heterocycles. The molecule has 3 amide bonds. The lowest BCUT2D eigenvalue weighted by Crippen LogP contribution is -2.51. The number of rotatable bonds is 6. The van der Waals surface area contributed by atoms with E-state index in [0.29, 0.717) is 0 Å². The number of hydrogen-bond acceptors (Lipinski definition) is 4. The van der Waals surface area contributed by atoms with Gasteiger partial charge in [0.2, 0.25) is 6.41 Å². The summed E-state index contributed by atoms with van der Waals surface area (Å²) in [6, 6.07) is 13.6. The maximum absolute atomic E-state index is 15.8. The third-order valence-electron chi connectivity index (χ3n) is 7.48. The zero-order valence-corrected chi connectivity index (χ0v) is 24.5. The van der Waals surface area contributed by atoms with Crippen LogP contribution >= 0.6 is 23.2 Å². The van der Waals surface area contributed by atoms with Gasteiger partial charge in [-0.05, 0) is 53.8 Å². The summed E-state index contributed by atoms with van der Waals surface area (Å²) < 4.78 is 31.4. The van der Waals surface area contributed by atoms with E-state index in [1.165, 1.54) is 53.4 Å². The lowest BCUT2D eigenvalue weighted by atomic mass is 9.64. The highest BCUT2D eigenvalue weighted by Crippen LogP contribution is 2.54. The minimum absolute atomic E-state index is 0.00173. The van der Waals surface area contributed by atoms with Gasteiger partial charge in [0.15, 0.2) is 0 Å². The molecule has 0 spiro atoms. The highest BCUT2D eigenvalue weighted by Gasteiger charge is 2.60. The Morgan fingerprint density at radius 1 is 1.14 bits per heavy atom. The largest absolute Gasteiger partial charge is 0.478 e. The number of benzene rings is 3. The van der Waals surface area contributed by atoms with Crippen LogP contribution in [0.2, 0.25) is 10.0 Å². The first-order valence-corrected chi connectivity index (χ1v) is 13.7. The van der Waals surface area contributed by atoms with E-state index in [-0.39, 0.29) is 51.8 Å². The molecule has 1 saturated heterocycles. The molecule has 1 heterocycles. The quantitative estimate of drug-likeness (QED) is 0.291. The third-order valence-corrected chi connectivity index (χ3v) is 8.01. The Kier molecular flexibility index (Phi) is 8.63. The van der Waals surface area contributed by atoms with Gasteiger partial charge in [-0.2, -0.15) is 5.26 Å². The minimum atomic E-state index is -1.85. The lowest BCUT2D eigenvalue weighted by Gasteiger charge is -2.40. The first-order chi connectivity index (χ1) is 19.7. The molecule has 0 aliphatic carbocycles. The van der Waals surface area contributed by atoms with Crippen molar-refractivity contribution in [2.24, 2.45) is 5.41 Å². The van der Waals surface area contributed by atoms with Crippen molar-refractivity contribution >= 4 is 47.3 Å². The van der Waals surface area contributed by atoms with Gasteiger partial charge in [-0.3, -0.25) is 4.79 Å². The van der Waals surface area contributed by atoms with Crippen molar-refractivity contribution in [2.75, 3.05) is 11.4 Å². The summed E-state index contributed by atoms with van der Waals surface area (Å²) in [5, 5.41) is 20.2. The molecule has 218 valence electrons. The van der Waals surface area contributed by atoms with Crippen molar-refractivity contribution in [3.63, 3.8) is 0 Å². The van der Waals surface area contributed by atoms with E-state index in [4.69, 9.17) is 23.2 Å². The normalized spacial score (nSPS) is 20.2. The number of anilines is 1. The molecule has 0 unspecified atom stereocenters. The molecule has 1 N–H and O–H groups in total. The number of carboxylic acids is 1. The third kappa shape index (κ3) is 5.57. The summed E-state index contributed by atoms with van der Waals surface area (Å²) in [5.41, 5.74) is -2.66. The van der Waals surface area contributed by atoms with Crippen molar-refractivity contribution in [1.29, 1.82) is 5.26 Å². The zero-order chi connectivity index (χ0) is 31.0. The number of nitriles is 1. The minimum Gasteiger partial charge on any atom is -0.478 e. The average molecular weight is 614 g/mol. The number of carbonyl (C=O) groups is 3. The number of likely N-dealkylation sites (tertiary alicyclic amines) is 1. The predicted octanol–water partition coefficient (Wildman–Crippen LogP) is 7.42. The standard InChI is InChI=1S/C31H27Cl2F2N3O4/c1-30(2,3)14-26-31(16-36,22-11-10-19(32)13-25(22)34)23(21-8-5-9-24(33)27(21)35)15-37(26)29(42)38(17-39)20-7-4-6-18(12-20)28(40)41/h4-13,17,23,26H,14-15H2,1-3H3,(H,40,41)/t23-,26+,31-/m1/s1. The molecule has 42 heavy (non-hydrogen) atoms. The summed E-state index contributed by atoms with van der Waals surface area (Å²) in [5.74, 6) is -4.01. The van der Waals surface area contributed by atoms with Crippen LogP contribution in [0.15, 0.2) is 60.7 Å². The Labute approximate surface area is 251 Å². The van der Waals surface area contributed by atoms with Gasteiger partial charge in [-0.15, -0.1) is 0 Å². The van der Waals surface area contributed by atoms with Crippen molar-refractivity contribution < 1.29 is 28.3 Å². The number of halogens is 4. The monoisotopic (exact) mass is 613 g/mol. The highest BCUT2D eigenvalue weighted by atomic mass is 35.5. The predicted molar refractivity (Wildman–Crippen MR) is 155 cm³/mol. The van der Waals surface area contributed by atoms with Crippen LogP contribution in [-0.2, 0) is 10.2 Å². The van der Waals surface area contributed by atoms with Gasteiger partial charge in [-0.1, -0.05) is 68.2 Å². The van der Waals surface area contributed by atoms with Gasteiger partial charge < -0.3 is 10.0 Å². The Bertz CT molecular complexity index is 1600. The van der Waals surface area contributed by atoms with Gasteiger partial charge in [0, 0.05) is 23.0 Å². The van der Waals surface area contributed by atoms with Crippen molar-refractivity contribution in [3.8, 4) is 6.07 Å². The number of carboxylic acid groups (broad SMARTS) is 1. The first-order valence-electron chi connectivity index (χ1n) is 12.9. The van der Waals surface area contributed by atoms with Gasteiger partial charge in [-0.25, -0.2) is 23.3 Å². The summed E-state index contributed by atoms with van der Waals surface area (Å²) in [6.07, 6.45) is 0.385. The number of amides is 3. The fourth-order valence-electron chi connectivity index (χ4n) is 5.69. The zero-order valence-electron chi connectivity index (χ0n) is 22.9. The Morgan fingerprint density at radius 3 is 2.43 bits per heavy atom. The average Bonchev–Trinajstić information content (AvgIpc) is 3.23. The van der Waals surface area contributed by atoms with Crippen LogP contribution in [0.1, 0.15) is 54.6 Å². The fourth-order valence-corrected chi connectivity index (χ4v) is 6.03. The topological polar surface area (TPSA) is 102 Å². The molecule has 3 aromatic rings. The summed E-state index contributed by atoms with van der Waals surface area (Å²) in [6.45, 7) is 5.33. The Balaban J connectivity index is 1.99. The summed E-state index contributed by atoms with van der Waals surface area (Å²) >= 11 is 12.2. The maximum atomic E-state index is 15.8. The molecular formula is C31H27Cl2F2N3O4. The molecule has 3 atom stereocenters. The number of hydrogen-bond donors (Lipinski definition) is 1. The smallest absolute Gasteiger partial charge is 0.335 e. The fraction of sp³-hybridized carbons (Fsp3) is 0.290. The Morgan fingerprint density at radius 2 is 1.83 bits per heavy atom. The number of carbonyl (C=O) groups excluding carboxylic acids is 2. The van der Waals surface area contributed by atoms with Crippen molar-refractivity contribution in [3.05, 3.63) is 99.0 Å². The maximum Gasteiger partial charge on any atom is 0.335 e. The van der Waals surface area contributed by atoms with Gasteiger partial charge in [0.25, 0.3) is 0 Å². The molecule has 1 aliphatic rings. The van der Waals surface area contributed by atoms with Crippen LogP contribution in [0.25, 0.3) is 0 Å². The van der Waals surface area contributed by atoms with Crippen LogP contribution < -0.4 is 4.90 Å². The van der Waals surface area contributed by atoms with Crippen molar-refractivity contribution in [2.45, 2.75) is 44.6 Å². The number of nitrogens with zero attached hydrogens (tertiary/aromatic N) is 3. The molecule has 0 bridgehead atoms. The van der Waals surface area contributed by atoms with Gasteiger partial charge >= 0.3 is 12.0 Å². The molecule has 7 nitrogen and oxygen atoms in total. The molecule has 1 aliphatic heterocycles. The highest BCUT2D eigenvalue weighted by molar-refractivity contribution is 6.31. The second-order valence-corrected chi connectivity index (χ2v) is 12.2. The van der Waals surface area contributed by atoms with Crippen LogP contribution in [0, 0.1) is 28.4 Å². The molecule has 4 rings (SSSR count). The molecule has 0 radical (unpaired) electrons. The van der Waals surface area contributed by atoms with Crippen molar-refractivity contribution in [1.82, 2.24) is 4.90 Å². The molecule has 3 aromatic carbocycles. The van der Waals surface area contributed by atoms with E-state index in [2.05, 4.69) is 6.07 Å². The molecular weight excluding hydrogens is 587 g/mol. The van der Waals surface area contributed by atoms with E-state index in [1.54, 1.807) is 0 Å². The number of aromatic carboxylic acids is 1. The van der Waals surface area contributed by atoms with Crippen LogP contribution in [0.3, 0.4) is 0 Å². The van der Waals surface area contributed by atoms with E-state index in [1.807, 2.05) is 20.8 Å². The molecule has 1 fully saturated rings. The molecule has 0 saturated carbocycles. The Hall–Kier alpha value is -4.00. The second kappa shape index (κ2) is 11.7. The first kappa shape index (κ1) is 30.9. The van der Waals surface area contributed by atoms with Gasteiger partial charge in [0.1, 0.15) is 17.0 Å². The van der Waals surface area contributed by atoms with E-state index < -0.39 is 46.4 Å². The molecule has 11 heteroatoms. The lowest BCUT2D eigenvalue weighted by molar-refractivity contribution is -0.107. The van der Waals surface area contributed by atoms with Crippen LogP contribution in [0.4, 0.5) is 19.3 Å². The second-order valence-electron chi connectivity index (χ2n) is 11.3. The number of urea groups is 1. The summed E-state index contributed by atoms with van der Waals surface area (Å²) in [7, 11) is 0. The van der Waals surface area contributed by atoms with E-state index >= 15 is 8.78 Å².